The van der Waals surface area contributed by atoms with E-state index in [9.17, 15) is 14.9 Å². The van der Waals surface area contributed by atoms with Crippen LogP contribution in [0.1, 0.15) is 25.8 Å². The quantitative estimate of drug-likeness (QED) is 0.558. The van der Waals surface area contributed by atoms with Gasteiger partial charge in [-0.25, -0.2) is 4.79 Å². The molecular formula is C13H18N2O5. The molecule has 0 saturated carbocycles. The number of nitrogens with one attached hydrogen (secondary N) is 1. The summed E-state index contributed by atoms with van der Waals surface area (Å²) in [5.74, 6) is -1.15. The highest BCUT2D eigenvalue weighted by Crippen LogP contribution is 2.29. The van der Waals surface area contributed by atoms with Crippen molar-refractivity contribution in [2.75, 3.05) is 6.54 Å². The topological polar surface area (TPSA) is 102 Å². The summed E-state index contributed by atoms with van der Waals surface area (Å²) in [6.07, 6.45) is -0.868. The number of ether oxygens (including phenoxy) is 1. The van der Waals surface area contributed by atoms with Gasteiger partial charge in [-0.15, -0.1) is 0 Å². The molecule has 1 aromatic carbocycles. The standard InChI is InChI=1S/C13H18N2O5/c1-3-11(13(16)17)20-12-7-9(8-14-4-2)5-6-10(12)15(18)19/h5-7,11,14H,3-4,8H2,1-2H3,(H,16,17). The highest BCUT2D eigenvalue weighted by molar-refractivity contribution is 5.73. The molecule has 0 aromatic heterocycles. The summed E-state index contributed by atoms with van der Waals surface area (Å²) in [4.78, 5) is 21.3. The molecule has 7 heteroatoms. The molecule has 0 heterocycles. The Labute approximate surface area is 116 Å². The molecule has 0 aliphatic heterocycles. The minimum absolute atomic E-state index is 0.0142. The molecule has 110 valence electrons. The molecule has 0 saturated heterocycles. The van der Waals surface area contributed by atoms with E-state index in [2.05, 4.69) is 5.32 Å². The van der Waals surface area contributed by atoms with Crippen LogP contribution in [0.25, 0.3) is 0 Å². The van der Waals surface area contributed by atoms with E-state index in [0.29, 0.717) is 6.54 Å². The molecule has 0 aliphatic rings. The van der Waals surface area contributed by atoms with E-state index in [1.54, 1.807) is 13.0 Å². The van der Waals surface area contributed by atoms with Gasteiger partial charge in [0.15, 0.2) is 11.9 Å². The molecule has 1 atom stereocenters. The van der Waals surface area contributed by atoms with E-state index < -0.39 is 17.0 Å². The molecule has 7 nitrogen and oxygen atoms in total. The molecule has 0 radical (unpaired) electrons. The maximum atomic E-state index is 11.0. The van der Waals surface area contributed by atoms with Gasteiger partial charge in [-0.1, -0.05) is 19.9 Å². The summed E-state index contributed by atoms with van der Waals surface area (Å²) in [5.41, 5.74) is 0.567. The first-order valence-electron chi connectivity index (χ1n) is 6.37. The zero-order chi connectivity index (χ0) is 15.1. The summed E-state index contributed by atoms with van der Waals surface area (Å²) in [7, 11) is 0. The van der Waals surface area contributed by atoms with Crippen LogP contribution < -0.4 is 10.1 Å². The average Bonchev–Trinajstić information content (AvgIpc) is 2.41. The molecule has 1 rings (SSSR count). The number of aliphatic carboxylic acids is 1. The largest absolute Gasteiger partial charge is 0.479 e. The maximum Gasteiger partial charge on any atom is 0.344 e. The normalized spacial score (nSPS) is 11.9. The van der Waals surface area contributed by atoms with E-state index in [1.165, 1.54) is 12.1 Å². The summed E-state index contributed by atoms with van der Waals surface area (Å²) >= 11 is 0. The van der Waals surface area contributed by atoms with Gasteiger partial charge in [0, 0.05) is 12.6 Å². The Morgan fingerprint density at radius 1 is 1.50 bits per heavy atom. The number of nitrogens with zero attached hydrogens (tertiary/aromatic N) is 1. The first kappa shape index (κ1) is 15.9. The second kappa shape index (κ2) is 7.44. The number of hydrogen-bond donors (Lipinski definition) is 2. The Balaban J connectivity index is 3.04. The lowest BCUT2D eigenvalue weighted by molar-refractivity contribution is -0.386. The third kappa shape index (κ3) is 4.20. The maximum absolute atomic E-state index is 11.0. The van der Waals surface area contributed by atoms with Crippen molar-refractivity contribution in [2.45, 2.75) is 32.9 Å². The van der Waals surface area contributed by atoms with E-state index in [0.717, 1.165) is 12.1 Å². The predicted molar refractivity (Wildman–Crippen MR) is 72.8 cm³/mol. The minimum atomic E-state index is -1.14. The van der Waals surface area contributed by atoms with Crippen LogP contribution in [0.15, 0.2) is 18.2 Å². The van der Waals surface area contributed by atoms with Crippen LogP contribution in [0.2, 0.25) is 0 Å². The zero-order valence-electron chi connectivity index (χ0n) is 11.5. The van der Waals surface area contributed by atoms with Crippen molar-refractivity contribution in [3.05, 3.63) is 33.9 Å². The van der Waals surface area contributed by atoms with Gasteiger partial charge in [-0.05, 0) is 24.6 Å². The molecule has 1 unspecified atom stereocenters. The van der Waals surface area contributed by atoms with Crippen LogP contribution in [0.4, 0.5) is 5.69 Å². The lowest BCUT2D eigenvalue weighted by atomic mass is 10.2. The van der Waals surface area contributed by atoms with Crippen LogP contribution in [0, 0.1) is 10.1 Å². The van der Waals surface area contributed by atoms with Gasteiger partial charge in [0.1, 0.15) is 0 Å². The van der Waals surface area contributed by atoms with Crippen molar-refractivity contribution in [3.63, 3.8) is 0 Å². The number of carboxylic acids is 1. The highest BCUT2D eigenvalue weighted by Gasteiger charge is 2.23. The lowest BCUT2D eigenvalue weighted by Gasteiger charge is -2.14. The fraction of sp³-hybridized carbons (Fsp3) is 0.462. The molecule has 2 N–H and O–H groups in total. The molecule has 0 bridgehead atoms. The number of carbonyl (C=O) groups is 1. The molecule has 0 amide bonds. The van der Waals surface area contributed by atoms with Gasteiger partial charge < -0.3 is 15.2 Å². The number of benzene rings is 1. The molecule has 0 aliphatic carbocycles. The van der Waals surface area contributed by atoms with Gasteiger partial charge in [-0.3, -0.25) is 10.1 Å². The van der Waals surface area contributed by atoms with Crippen molar-refractivity contribution in [3.8, 4) is 5.75 Å². The Morgan fingerprint density at radius 2 is 2.20 bits per heavy atom. The van der Waals surface area contributed by atoms with E-state index in [1.807, 2.05) is 6.92 Å². The van der Waals surface area contributed by atoms with Crippen molar-refractivity contribution < 1.29 is 19.6 Å². The lowest BCUT2D eigenvalue weighted by Crippen LogP contribution is -2.26. The second-order valence-electron chi connectivity index (χ2n) is 4.19. The van der Waals surface area contributed by atoms with Crippen LogP contribution in [0.5, 0.6) is 5.75 Å². The second-order valence-corrected chi connectivity index (χ2v) is 4.19. The van der Waals surface area contributed by atoms with Gasteiger partial charge in [0.2, 0.25) is 0 Å². The average molecular weight is 282 g/mol. The Hall–Kier alpha value is -2.15. The third-order valence-corrected chi connectivity index (χ3v) is 2.72. The number of rotatable bonds is 8. The smallest absolute Gasteiger partial charge is 0.344 e. The molecular weight excluding hydrogens is 264 g/mol. The van der Waals surface area contributed by atoms with E-state index in [4.69, 9.17) is 9.84 Å². The number of nitro groups is 1. The van der Waals surface area contributed by atoms with Crippen LogP contribution >= 0.6 is 0 Å². The van der Waals surface area contributed by atoms with Gasteiger partial charge in [0.25, 0.3) is 0 Å². The van der Waals surface area contributed by atoms with Crippen molar-refractivity contribution in [2.24, 2.45) is 0 Å². The van der Waals surface area contributed by atoms with Crippen LogP contribution in [-0.4, -0.2) is 28.6 Å². The summed E-state index contributed by atoms with van der Waals surface area (Å²) in [6.45, 7) is 4.89. The van der Waals surface area contributed by atoms with Crippen molar-refractivity contribution in [1.82, 2.24) is 5.32 Å². The number of hydrogen-bond acceptors (Lipinski definition) is 5. The summed E-state index contributed by atoms with van der Waals surface area (Å²) in [5, 5.41) is 23.0. The fourth-order valence-electron chi connectivity index (χ4n) is 1.64. The first-order chi connectivity index (χ1) is 9.49. The molecule has 0 fully saturated rings. The Kier molecular flexibility index (Phi) is 5.92. The Bertz CT molecular complexity index is 490. The zero-order valence-corrected chi connectivity index (χ0v) is 11.5. The van der Waals surface area contributed by atoms with Crippen LogP contribution in [-0.2, 0) is 11.3 Å². The minimum Gasteiger partial charge on any atom is -0.479 e. The third-order valence-electron chi connectivity index (χ3n) is 2.72. The molecule has 20 heavy (non-hydrogen) atoms. The van der Waals surface area contributed by atoms with Gasteiger partial charge >= 0.3 is 11.7 Å². The van der Waals surface area contributed by atoms with E-state index in [-0.39, 0.29) is 17.9 Å². The monoisotopic (exact) mass is 282 g/mol. The summed E-state index contributed by atoms with van der Waals surface area (Å²) < 4.78 is 5.27. The number of nitro benzene ring substituents is 1. The van der Waals surface area contributed by atoms with Crippen molar-refractivity contribution >= 4 is 11.7 Å². The predicted octanol–water partition coefficient (Wildman–Crippen LogP) is 1.95. The van der Waals surface area contributed by atoms with Gasteiger partial charge in [-0.2, -0.15) is 0 Å². The SMILES string of the molecule is CCNCc1ccc([N+](=O)[O-])c(OC(CC)C(=O)O)c1. The number of carboxylic acid groups (broad SMARTS) is 1. The van der Waals surface area contributed by atoms with Crippen molar-refractivity contribution in [1.29, 1.82) is 0 Å². The first-order valence-corrected chi connectivity index (χ1v) is 6.37. The molecule has 1 aromatic rings. The fourth-order valence-corrected chi connectivity index (χ4v) is 1.64. The highest BCUT2D eigenvalue weighted by atomic mass is 16.6. The van der Waals surface area contributed by atoms with Crippen LogP contribution in [0.3, 0.4) is 0 Å². The Morgan fingerprint density at radius 3 is 2.70 bits per heavy atom. The van der Waals surface area contributed by atoms with E-state index >= 15 is 0 Å². The summed E-state index contributed by atoms with van der Waals surface area (Å²) in [6, 6.07) is 4.46. The van der Waals surface area contributed by atoms with Gasteiger partial charge in [0.05, 0.1) is 4.92 Å². The molecule has 0 spiro atoms.